The van der Waals surface area contributed by atoms with Crippen LogP contribution in [0.1, 0.15) is 19.4 Å². The Bertz CT molecular complexity index is 1190. The fourth-order valence-corrected chi connectivity index (χ4v) is 3.71. The molecule has 3 rings (SSSR count). The van der Waals surface area contributed by atoms with Crippen LogP contribution in [0.4, 0.5) is 22.2 Å². The highest BCUT2D eigenvalue weighted by atomic mass is 32.2. The van der Waals surface area contributed by atoms with Crippen LogP contribution in [0.5, 0.6) is 0 Å². The fraction of sp³-hybridized carbons (Fsp3) is 0.261. The summed E-state index contributed by atoms with van der Waals surface area (Å²) in [6.07, 6.45) is 0.883. The minimum absolute atomic E-state index is 0.0452. The zero-order valence-corrected chi connectivity index (χ0v) is 19.5. The van der Waals surface area contributed by atoms with E-state index >= 15 is 0 Å². The molecule has 1 unspecified atom stereocenters. The molecule has 33 heavy (non-hydrogen) atoms. The lowest BCUT2D eigenvalue weighted by molar-refractivity contribution is 0.164. The average molecular weight is 470 g/mol. The number of carbonyl (C=O) groups is 1. The highest BCUT2D eigenvalue weighted by Crippen LogP contribution is 2.30. The quantitative estimate of drug-likeness (QED) is 0.362. The number of aromatic nitrogens is 2. The number of nitrogens with zero attached hydrogens (tertiary/aromatic N) is 3. The molecular weight excluding hydrogens is 442 g/mol. The summed E-state index contributed by atoms with van der Waals surface area (Å²) in [4.78, 5) is 20.8. The number of nitrogens with one attached hydrogen (secondary N) is 2. The first-order chi connectivity index (χ1) is 15.9. The molecule has 0 aliphatic heterocycles. The van der Waals surface area contributed by atoms with Crippen molar-refractivity contribution in [2.24, 2.45) is 4.36 Å². The van der Waals surface area contributed by atoms with E-state index in [-0.39, 0.29) is 19.3 Å². The van der Waals surface area contributed by atoms with E-state index in [9.17, 15) is 14.1 Å². The van der Waals surface area contributed by atoms with Crippen LogP contribution in [0, 0.1) is 6.92 Å². The van der Waals surface area contributed by atoms with Crippen molar-refractivity contribution in [1.29, 1.82) is 0 Å². The average Bonchev–Trinajstić information content (AvgIpc) is 2.80. The SMILES string of the molecule is CCOC(=O)/N=[SH](=O)/c1ccc(Nc2ncc(-c3ccccc3C)c(N[C@H](C)CO)n2)cc1. The molecular formula is C23H27N5O4S. The molecule has 2 atom stereocenters. The van der Waals surface area contributed by atoms with E-state index in [0.29, 0.717) is 22.3 Å². The van der Waals surface area contributed by atoms with E-state index in [1.807, 2.05) is 38.1 Å². The van der Waals surface area contributed by atoms with Gasteiger partial charge in [-0.15, -0.1) is 4.36 Å². The van der Waals surface area contributed by atoms with Gasteiger partial charge < -0.3 is 20.5 Å². The van der Waals surface area contributed by atoms with Crippen molar-refractivity contribution in [3.8, 4) is 11.1 Å². The first-order valence-electron chi connectivity index (χ1n) is 10.4. The molecule has 1 amide bonds. The zero-order chi connectivity index (χ0) is 23.8. The monoisotopic (exact) mass is 469 g/mol. The van der Waals surface area contributed by atoms with Crippen molar-refractivity contribution in [2.45, 2.75) is 31.7 Å². The topological polar surface area (TPSA) is 126 Å². The summed E-state index contributed by atoms with van der Waals surface area (Å²) in [6, 6.07) is 14.4. The maximum Gasteiger partial charge on any atom is 0.441 e. The number of rotatable bonds is 8. The van der Waals surface area contributed by atoms with Crippen LogP contribution < -0.4 is 10.6 Å². The Labute approximate surface area is 194 Å². The second kappa shape index (κ2) is 11.4. The van der Waals surface area contributed by atoms with E-state index < -0.39 is 16.7 Å². The molecule has 1 aromatic heterocycles. The summed E-state index contributed by atoms with van der Waals surface area (Å²) in [5, 5.41) is 15.8. The number of hydrogen-bond acceptors (Lipinski definition) is 8. The number of carbonyl (C=O) groups excluding carboxylic acids is 1. The van der Waals surface area contributed by atoms with Gasteiger partial charge in [0.05, 0.1) is 23.8 Å². The summed E-state index contributed by atoms with van der Waals surface area (Å²) < 4.78 is 20.4. The first-order valence-corrected chi connectivity index (χ1v) is 11.7. The van der Waals surface area contributed by atoms with Crippen LogP contribution in [0.25, 0.3) is 11.1 Å². The lowest BCUT2D eigenvalue weighted by Gasteiger charge is -2.17. The van der Waals surface area contributed by atoms with Gasteiger partial charge in [-0.05, 0) is 56.2 Å². The Hall–Kier alpha value is -3.50. The van der Waals surface area contributed by atoms with E-state index in [1.165, 1.54) is 0 Å². The smallest absolute Gasteiger partial charge is 0.441 e. The number of benzene rings is 2. The molecule has 0 fully saturated rings. The van der Waals surface area contributed by atoms with Crippen molar-refractivity contribution >= 4 is 34.1 Å². The fourth-order valence-electron chi connectivity index (χ4n) is 2.99. The van der Waals surface area contributed by atoms with Crippen molar-refractivity contribution in [3.63, 3.8) is 0 Å². The molecule has 2 aromatic carbocycles. The number of aliphatic hydroxyl groups is 1. The number of anilines is 3. The minimum atomic E-state index is -2.24. The van der Waals surface area contributed by atoms with Crippen molar-refractivity contribution in [1.82, 2.24) is 9.97 Å². The Morgan fingerprint density at radius 2 is 1.91 bits per heavy atom. The van der Waals surface area contributed by atoms with Gasteiger partial charge in [-0.1, -0.05) is 24.3 Å². The molecule has 0 saturated heterocycles. The van der Waals surface area contributed by atoms with Crippen LogP contribution in [0.2, 0.25) is 0 Å². The van der Waals surface area contributed by atoms with Crippen LogP contribution in [0.3, 0.4) is 0 Å². The molecule has 0 radical (unpaired) electrons. The van der Waals surface area contributed by atoms with Crippen LogP contribution in [0.15, 0.2) is 64.0 Å². The van der Waals surface area contributed by atoms with Crippen LogP contribution in [-0.2, 0) is 15.3 Å². The lowest BCUT2D eigenvalue weighted by Crippen LogP contribution is -2.21. The largest absolute Gasteiger partial charge is 0.448 e. The van der Waals surface area contributed by atoms with Gasteiger partial charge in [-0.3, -0.25) is 0 Å². The van der Waals surface area contributed by atoms with Gasteiger partial charge in [0, 0.05) is 28.4 Å². The second-order valence-electron chi connectivity index (χ2n) is 7.24. The van der Waals surface area contributed by atoms with Gasteiger partial charge in [0.15, 0.2) is 0 Å². The number of aliphatic hydroxyl groups excluding tert-OH is 1. The van der Waals surface area contributed by atoms with Crippen molar-refractivity contribution < 1.29 is 18.8 Å². The number of aryl methyl sites for hydroxylation is 1. The summed E-state index contributed by atoms with van der Waals surface area (Å²) in [5.41, 5.74) is 3.57. The Morgan fingerprint density at radius 1 is 1.18 bits per heavy atom. The van der Waals surface area contributed by atoms with Crippen LogP contribution in [-0.4, -0.2) is 44.6 Å². The molecule has 0 bridgehead atoms. The number of hydrogen-bond donors (Lipinski definition) is 4. The van der Waals surface area contributed by atoms with E-state index in [1.54, 1.807) is 37.4 Å². The summed E-state index contributed by atoms with van der Waals surface area (Å²) in [5.74, 6) is 0.949. The highest BCUT2D eigenvalue weighted by molar-refractivity contribution is 7.75. The predicted molar refractivity (Wildman–Crippen MR) is 129 cm³/mol. The Balaban J connectivity index is 1.85. The highest BCUT2D eigenvalue weighted by Gasteiger charge is 2.13. The third-order valence-corrected chi connectivity index (χ3v) is 5.75. The van der Waals surface area contributed by atoms with Gasteiger partial charge >= 0.3 is 6.09 Å². The first kappa shape index (κ1) is 24.1. The molecule has 0 spiro atoms. The summed E-state index contributed by atoms with van der Waals surface area (Å²) >= 11 is 0. The maximum absolute atomic E-state index is 12.2. The molecule has 0 aliphatic rings. The number of ether oxygens (including phenoxy) is 1. The Kier molecular flexibility index (Phi) is 8.34. The third-order valence-electron chi connectivity index (χ3n) is 4.67. The van der Waals surface area contributed by atoms with Gasteiger partial charge in [0.1, 0.15) is 5.82 Å². The zero-order valence-electron chi connectivity index (χ0n) is 18.6. The van der Waals surface area contributed by atoms with E-state index in [4.69, 9.17) is 4.74 Å². The van der Waals surface area contributed by atoms with Crippen LogP contribution >= 0.6 is 0 Å². The number of thiol groups is 1. The molecule has 0 aliphatic carbocycles. The maximum atomic E-state index is 12.2. The summed E-state index contributed by atoms with van der Waals surface area (Å²) in [6.45, 7) is 5.66. The Morgan fingerprint density at radius 3 is 2.58 bits per heavy atom. The van der Waals surface area contributed by atoms with Gasteiger partial charge in [0.25, 0.3) is 0 Å². The normalized spacial score (nSPS) is 12.7. The van der Waals surface area contributed by atoms with Crippen molar-refractivity contribution in [2.75, 3.05) is 23.8 Å². The summed E-state index contributed by atoms with van der Waals surface area (Å²) in [7, 11) is -2.24. The lowest BCUT2D eigenvalue weighted by atomic mass is 10.0. The molecule has 1 heterocycles. The van der Waals surface area contributed by atoms with Gasteiger partial charge in [-0.2, -0.15) is 4.98 Å². The molecule has 9 nitrogen and oxygen atoms in total. The van der Waals surface area contributed by atoms with E-state index in [2.05, 4.69) is 25.0 Å². The van der Waals surface area contributed by atoms with Gasteiger partial charge in [0.2, 0.25) is 5.95 Å². The molecule has 3 N–H and O–H groups in total. The van der Waals surface area contributed by atoms with E-state index in [0.717, 1.165) is 16.7 Å². The molecule has 10 heteroatoms. The number of amides is 1. The molecule has 0 saturated carbocycles. The predicted octanol–water partition coefficient (Wildman–Crippen LogP) is 4.17. The van der Waals surface area contributed by atoms with Crippen molar-refractivity contribution in [3.05, 3.63) is 60.3 Å². The third kappa shape index (κ3) is 6.50. The second-order valence-corrected chi connectivity index (χ2v) is 8.50. The molecule has 174 valence electrons. The minimum Gasteiger partial charge on any atom is -0.448 e. The standard InChI is InChI=1S/C23H27N5O4S/c1-4-32-23(30)28-33(31)18-11-9-17(10-12-18)26-22-24-13-20(19-8-6-5-7-15(19)2)21(27-22)25-16(3)14-29/h5-13,16,29,33H,4,14H2,1-3H3,(H2,24,25,26,27)/t16-/m1/s1. The molecule has 3 aromatic rings. The van der Waals surface area contributed by atoms with Gasteiger partial charge in [-0.25, -0.2) is 14.0 Å².